The number of ether oxygens (including phenoxy) is 1. The van der Waals surface area contributed by atoms with Crippen LogP contribution in [0.3, 0.4) is 0 Å². The molecule has 7 heteroatoms. The average molecular weight is 369 g/mol. The van der Waals surface area contributed by atoms with E-state index in [4.69, 9.17) is 9.15 Å². The molecule has 0 atom stereocenters. The maximum Gasteiger partial charge on any atom is 0.200 e. The lowest BCUT2D eigenvalue weighted by Crippen LogP contribution is -2.07. The van der Waals surface area contributed by atoms with Gasteiger partial charge in [0.15, 0.2) is 16.7 Å². The van der Waals surface area contributed by atoms with E-state index in [1.54, 1.807) is 25.5 Å². The number of furan rings is 1. The molecule has 6 nitrogen and oxygen atoms in total. The molecular weight excluding hydrogens is 350 g/mol. The zero-order chi connectivity index (χ0) is 18.5. The summed E-state index contributed by atoms with van der Waals surface area (Å²) in [6.07, 6.45) is 3.34. The number of rotatable bonds is 8. The second-order valence-corrected chi connectivity index (χ2v) is 6.54. The number of nitrogens with zero attached hydrogens (tertiary/aromatic N) is 3. The molecule has 0 fully saturated rings. The van der Waals surface area contributed by atoms with Gasteiger partial charge in [-0.2, -0.15) is 0 Å². The molecule has 0 amide bonds. The summed E-state index contributed by atoms with van der Waals surface area (Å²) < 4.78 is 12.6. The monoisotopic (exact) mass is 369 g/mol. The van der Waals surface area contributed by atoms with Crippen molar-refractivity contribution in [2.75, 3.05) is 12.9 Å². The van der Waals surface area contributed by atoms with Gasteiger partial charge in [0, 0.05) is 6.54 Å². The van der Waals surface area contributed by atoms with Crippen LogP contribution in [-0.4, -0.2) is 33.4 Å². The number of thioether (sulfide) groups is 1. The number of allylic oxidation sites excluding steroid dienone is 1. The van der Waals surface area contributed by atoms with E-state index in [0.29, 0.717) is 34.6 Å². The van der Waals surface area contributed by atoms with Gasteiger partial charge in [0.1, 0.15) is 5.75 Å². The predicted octanol–water partition coefficient (Wildman–Crippen LogP) is 4.02. The molecule has 0 spiro atoms. The van der Waals surface area contributed by atoms with Crippen LogP contribution in [0.25, 0.3) is 11.6 Å². The first-order chi connectivity index (χ1) is 12.6. The van der Waals surface area contributed by atoms with Gasteiger partial charge in [-0.1, -0.05) is 29.5 Å². The van der Waals surface area contributed by atoms with E-state index >= 15 is 0 Å². The Labute approximate surface area is 155 Å². The topological polar surface area (TPSA) is 70.2 Å². The average Bonchev–Trinajstić information content (AvgIpc) is 3.30. The highest BCUT2D eigenvalue weighted by atomic mass is 32.2. The van der Waals surface area contributed by atoms with Crippen LogP contribution in [0.2, 0.25) is 0 Å². The summed E-state index contributed by atoms with van der Waals surface area (Å²) in [5.74, 6) is 2.01. The molecule has 1 aromatic carbocycles. The smallest absolute Gasteiger partial charge is 0.200 e. The first-order valence-electron chi connectivity index (χ1n) is 8.02. The summed E-state index contributed by atoms with van der Waals surface area (Å²) in [7, 11) is 1.56. The standard InChI is InChI=1S/C19H19N3O3S/c1-4-9-22-18(17-6-5-10-25-17)20-21-19(22)26-12-15(23)14-11-13(2)7-8-16(14)24-3/h4-8,10-11H,1,9,12H2,2-3H3. The van der Waals surface area contributed by atoms with E-state index in [9.17, 15) is 4.79 Å². The number of ketones is 1. The summed E-state index contributed by atoms with van der Waals surface area (Å²) in [6, 6.07) is 9.18. The predicted molar refractivity (Wildman–Crippen MR) is 101 cm³/mol. The van der Waals surface area contributed by atoms with Crippen LogP contribution >= 0.6 is 11.8 Å². The Balaban J connectivity index is 1.81. The molecule has 0 unspecified atom stereocenters. The Kier molecular flexibility index (Phi) is 5.58. The quantitative estimate of drug-likeness (QED) is 0.339. The number of hydrogen-bond acceptors (Lipinski definition) is 6. The fourth-order valence-electron chi connectivity index (χ4n) is 2.52. The van der Waals surface area contributed by atoms with Crippen LogP contribution in [0.5, 0.6) is 5.75 Å². The van der Waals surface area contributed by atoms with E-state index in [-0.39, 0.29) is 11.5 Å². The molecule has 3 rings (SSSR count). The zero-order valence-corrected chi connectivity index (χ0v) is 15.5. The molecule has 2 aromatic heterocycles. The Morgan fingerprint density at radius 1 is 1.38 bits per heavy atom. The van der Waals surface area contributed by atoms with Gasteiger partial charge in [0.25, 0.3) is 0 Å². The van der Waals surface area contributed by atoms with Crippen LogP contribution in [0.15, 0.2) is 58.8 Å². The van der Waals surface area contributed by atoms with Crippen molar-refractivity contribution >= 4 is 17.5 Å². The van der Waals surface area contributed by atoms with Crippen molar-refractivity contribution in [2.24, 2.45) is 0 Å². The van der Waals surface area contributed by atoms with Crippen molar-refractivity contribution in [1.82, 2.24) is 14.8 Å². The molecule has 0 N–H and O–H groups in total. The third-order valence-electron chi connectivity index (χ3n) is 3.76. The highest BCUT2D eigenvalue weighted by molar-refractivity contribution is 7.99. The van der Waals surface area contributed by atoms with Gasteiger partial charge >= 0.3 is 0 Å². The molecule has 0 aliphatic rings. The third kappa shape index (κ3) is 3.72. The van der Waals surface area contributed by atoms with Crippen LogP contribution in [0.1, 0.15) is 15.9 Å². The molecule has 0 aliphatic carbocycles. The van der Waals surface area contributed by atoms with Crippen molar-refractivity contribution in [3.05, 3.63) is 60.4 Å². The van der Waals surface area contributed by atoms with Gasteiger partial charge in [-0.05, 0) is 31.2 Å². The second kappa shape index (κ2) is 8.05. The van der Waals surface area contributed by atoms with Crippen LogP contribution in [0.4, 0.5) is 0 Å². The number of benzene rings is 1. The fraction of sp³-hybridized carbons (Fsp3) is 0.211. The third-order valence-corrected chi connectivity index (χ3v) is 4.72. The number of carbonyl (C=O) groups excluding carboxylic acids is 1. The van der Waals surface area contributed by atoms with Crippen molar-refractivity contribution in [2.45, 2.75) is 18.6 Å². The highest BCUT2D eigenvalue weighted by Gasteiger charge is 2.18. The van der Waals surface area contributed by atoms with Crippen LogP contribution < -0.4 is 4.74 Å². The molecule has 0 radical (unpaired) electrons. The number of methoxy groups -OCH3 is 1. The largest absolute Gasteiger partial charge is 0.496 e. The van der Waals surface area contributed by atoms with Crippen LogP contribution in [0, 0.1) is 6.92 Å². The van der Waals surface area contributed by atoms with Gasteiger partial charge in [0.2, 0.25) is 5.82 Å². The van der Waals surface area contributed by atoms with E-state index in [1.807, 2.05) is 35.8 Å². The number of carbonyl (C=O) groups is 1. The van der Waals surface area contributed by atoms with E-state index in [2.05, 4.69) is 16.8 Å². The first-order valence-corrected chi connectivity index (χ1v) is 9.01. The lowest BCUT2D eigenvalue weighted by Gasteiger charge is -2.09. The number of Topliss-reactive ketones (excluding diaryl/α,β-unsaturated/α-hetero) is 1. The molecule has 2 heterocycles. The lowest BCUT2D eigenvalue weighted by atomic mass is 10.1. The number of hydrogen-bond donors (Lipinski definition) is 0. The summed E-state index contributed by atoms with van der Waals surface area (Å²) in [5.41, 5.74) is 1.58. The summed E-state index contributed by atoms with van der Waals surface area (Å²) in [4.78, 5) is 12.7. The Morgan fingerprint density at radius 2 is 2.23 bits per heavy atom. The SMILES string of the molecule is C=CCn1c(SCC(=O)c2cc(C)ccc2OC)nnc1-c1ccco1. The second-order valence-electron chi connectivity index (χ2n) is 5.60. The molecule has 0 aliphatic heterocycles. The summed E-state index contributed by atoms with van der Waals surface area (Å²) >= 11 is 1.33. The van der Waals surface area contributed by atoms with Gasteiger partial charge < -0.3 is 9.15 Å². The first kappa shape index (κ1) is 18.0. The molecule has 134 valence electrons. The van der Waals surface area contributed by atoms with E-state index < -0.39 is 0 Å². The fourth-order valence-corrected chi connectivity index (χ4v) is 3.36. The number of aromatic nitrogens is 3. The lowest BCUT2D eigenvalue weighted by molar-refractivity contribution is 0.101. The van der Waals surface area contributed by atoms with E-state index in [0.717, 1.165) is 5.56 Å². The molecule has 0 saturated carbocycles. The minimum atomic E-state index is -0.0248. The minimum absolute atomic E-state index is 0.0248. The zero-order valence-electron chi connectivity index (χ0n) is 14.6. The molecule has 26 heavy (non-hydrogen) atoms. The molecule has 0 saturated heterocycles. The van der Waals surface area contributed by atoms with Gasteiger partial charge in [-0.3, -0.25) is 9.36 Å². The van der Waals surface area contributed by atoms with Crippen molar-refractivity contribution in [3.63, 3.8) is 0 Å². The maximum atomic E-state index is 12.7. The minimum Gasteiger partial charge on any atom is -0.496 e. The molecule has 0 bridgehead atoms. The molecule has 3 aromatic rings. The van der Waals surface area contributed by atoms with Gasteiger partial charge in [-0.25, -0.2) is 0 Å². The Bertz CT molecular complexity index is 916. The number of aryl methyl sites for hydroxylation is 1. The van der Waals surface area contributed by atoms with Crippen LogP contribution in [-0.2, 0) is 6.54 Å². The highest BCUT2D eigenvalue weighted by Crippen LogP contribution is 2.27. The summed E-state index contributed by atoms with van der Waals surface area (Å²) in [6.45, 7) is 6.24. The Morgan fingerprint density at radius 3 is 2.92 bits per heavy atom. The van der Waals surface area contributed by atoms with E-state index in [1.165, 1.54) is 11.8 Å². The summed E-state index contributed by atoms with van der Waals surface area (Å²) in [5, 5.41) is 9.03. The van der Waals surface area contributed by atoms with Gasteiger partial charge in [-0.15, -0.1) is 16.8 Å². The van der Waals surface area contributed by atoms with Gasteiger partial charge in [0.05, 0.1) is 24.7 Å². The van der Waals surface area contributed by atoms with Crippen molar-refractivity contribution in [1.29, 1.82) is 0 Å². The van der Waals surface area contributed by atoms with Crippen molar-refractivity contribution in [3.8, 4) is 17.3 Å². The Hall–Kier alpha value is -2.80. The normalized spacial score (nSPS) is 10.7. The van der Waals surface area contributed by atoms with Crippen molar-refractivity contribution < 1.29 is 13.9 Å². The molecular formula is C19H19N3O3S. The maximum absolute atomic E-state index is 12.7.